The summed E-state index contributed by atoms with van der Waals surface area (Å²) in [7, 11) is 3.10. The third-order valence-corrected chi connectivity index (χ3v) is 6.47. The van der Waals surface area contributed by atoms with Crippen molar-refractivity contribution in [2.24, 2.45) is 0 Å². The zero-order valence-corrected chi connectivity index (χ0v) is 27.3. The van der Waals surface area contributed by atoms with Gasteiger partial charge in [0.15, 0.2) is 0 Å². The predicted octanol–water partition coefficient (Wildman–Crippen LogP) is -4.34. The number of nitrogens with one attached hydrogen (secondary N) is 2. The largest absolute Gasteiger partial charge is 0.544 e. The Bertz CT molecular complexity index is 884. The van der Waals surface area contributed by atoms with Gasteiger partial charge in [-0.2, -0.15) is 0 Å². The van der Waals surface area contributed by atoms with Crippen molar-refractivity contribution in [2.75, 3.05) is 93.4 Å². The van der Waals surface area contributed by atoms with Gasteiger partial charge in [-0.25, -0.2) is 4.79 Å². The summed E-state index contributed by atoms with van der Waals surface area (Å²) in [5, 5.41) is 57.2. The smallest absolute Gasteiger partial charge is 0.407 e. The number of rotatable bonds is 26. The molecule has 2 unspecified atom stereocenters. The van der Waals surface area contributed by atoms with Crippen molar-refractivity contribution in [3.05, 3.63) is 0 Å². The van der Waals surface area contributed by atoms with E-state index in [1.165, 1.54) is 13.8 Å². The maximum absolute atomic E-state index is 12.7. The Balaban J connectivity index is 2.72. The fourth-order valence-electron chi connectivity index (χ4n) is 4.23. The molecule has 0 radical (unpaired) electrons. The Morgan fingerprint density at radius 1 is 0.936 bits per heavy atom. The number of aliphatic hydroxyl groups excluding tert-OH is 4. The van der Waals surface area contributed by atoms with Crippen molar-refractivity contribution < 1.29 is 82.5 Å². The molecule has 1 rings (SSSR count). The molecule has 0 aromatic carbocycles. The summed E-state index contributed by atoms with van der Waals surface area (Å²) in [6.45, 7) is 3.77. The van der Waals surface area contributed by atoms with E-state index in [2.05, 4.69) is 10.6 Å². The molecule has 1 heterocycles. The summed E-state index contributed by atoms with van der Waals surface area (Å²) in [5.74, 6) is -5.29. The molecule has 1 fully saturated rings. The first kappa shape index (κ1) is 42.8. The van der Waals surface area contributed by atoms with E-state index in [9.17, 15) is 39.9 Å². The lowest BCUT2D eigenvalue weighted by Crippen LogP contribution is -2.70. The Kier molecular flexibility index (Phi) is 21.8. The standard InChI is InChI=1S/C28H52N2O17/c1-18(2)46-28(26(36)37)13-20(32)23(25(47-28)24(35)21(33)15-31)30-22(34)14-29-27(38)45-17-19(44-12-11-42-8-6-40-4)16-43-10-9-41-7-5-39-3/h18-21,23-25,31-33,35H,5-17H2,1-4H3,(H,29,38)(H,30,34)(H,36,37)/p-1/t19?,20-,21+,23+,24+,25?,28-/m0/s1. The summed E-state index contributed by atoms with van der Waals surface area (Å²) in [5.41, 5.74) is 0. The number of aliphatic hydroxyl groups is 4. The molecule has 0 bridgehead atoms. The molecule has 19 heteroatoms. The number of carbonyl (C=O) groups excluding carboxylic acids is 3. The Hall–Kier alpha value is -2.27. The van der Waals surface area contributed by atoms with Gasteiger partial charge in [0, 0.05) is 20.6 Å². The van der Waals surface area contributed by atoms with Crippen molar-refractivity contribution in [3.8, 4) is 0 Å². The minimum atomic E-state index is -2.53. The van der Waals surface area contributed by atoms with E-state index >= 15 is 0 Å². The first-order chi connectivity index (χ1) is 22.4. The maximum Gasteiger partial charge on any atom is 0.407 e. The van der Waals surface area contributed by atoms with Crippen molar-refractivity contribution in [1.82, 2.24) is 10.6 Å². The highest BCUT2D eigenvalue weighted by Gasteiger charge is 2.53. The molecule has 19 nitrogen and oxygen atoms in total. The lowest BCUT2D eigenvalue weighted by atomic mass is 9.88. The van der Waals surface area contributed by atoms with E-state index in [1.807, 2.05) is 0 Å². The number of hydrogen-bond acceptors (Lipinski definition) is 17. The number of carbonyl (C=O) groups is 3. The first-order valence-corrected chi connectivity index (χ1v) is 15.2. The van der Waals surface area contributed by atoms with Gasteiger partial charge >= 0.3 is 6.09 Å². The van der Waals surface area contributed by atoms with Crippen molar-refractivity contribution in [1.29, 1.82) is 0 Å². The van der Waals surface area contributed by atoms with Gasteiger partial charge in [-0.3, -0.25) is 4.79 Å². The average molecular weight is 688 g/mol. The molecule has 1 aliphatic heterocycles. The van der Waals surface area contributed by atoms with Crippen LogP contribution in [0.15, 0.2) is 0 Å². The fraction of sp³-hybridized carbons (Fsp3) is 0.893. The van der Waals surface area contributed by atoms with Crippen LogP contribution in [0.4, 0.5) is 4.79 Å². The molecule has 0 aromatic rings. The summed E-state index contributed by atoms with van der Waals surface area (Å²) in [6.07, 6.45) is -10.4. The third-order valence-electron chi connectivity index (χ3n) is 6.47. The summed E-state index contributed by atoms with van der Waals surface area (Å²) in [4.78, 5) is 37.0. The van der Waals surface area contributed by atoms with Crippen LogP contribution < -0.4 is 15.7 Å². The van der Waals surface area contributed by atoms with Crippen LogP contribution in [0.1, 0.15) is 20.3 Å². The SMILES string of the molecule is COCCOCCOCC(COC(=O)NCC(=O)N[C@H]1C([C@H](O)[C@H](O)CO)O[C@](OC(C)C)(C(=O)[O-])C[C@@H]1O)OCCOCCOC. The minimum absolute atomic E-state index is 0.0519. The summed E-state index contributed by atoms with van der Waals surface area (Å²) < 4.78 is 47.7. The molecule has 0 spiro atoms. The zero-order valence-electron chi connectivity index (χ0n) is 27.3. The molecule has 0 saturated carbocycles. The normalized spacial score (nSPS) is 23.2. The number of alkyl carbamates (subject to hydrolysis) is 1. The molecular weight excluding hydrogens is 636 g/mol. The second kappa shape index (κ2) is 24.0. The van der Waals surface area contributed by atoms with Crippen LogP contribution in [0, 0.1) is 0 Å². The Morgan fingerprint density at radius 3 is 2.11 bits per heavy atom. The number of methoxy groups -OCH3 is 2. The number of carboxylic acid groups (broad SMARTS) is 1. The van der Waals surface area contributed by atoms with Crippen LogP contribution in [0.5, 0.6) is 0 Å². The second-order valence-electron chi connectivity index (χ2n) is 10.6. The van der Waals surface area contributed by atoms with E-state index in [0.717, 1.165) is 0 Å². The van der Waals surface area contributed by atoms with Gasteiger partial charge < -0.3 is 83.6 Å². The van der Waals surface area contributed by atoms with Gasteiger partial charge in [0.25, 0.3) is 0 Å². The summed E-state index contributed by atoms with van der Waals surface area (Å²) >= 11 is 0. The van der Waals surface area contributed by atoms with E-state index in [1.54, 1.807) is 14.2 Å². The topological polar surface area (TPSA) is 262 Å². The molecule has 0 aliphatic carbocycles. The second-order valence-corrected chi connectivity index (χ2v) is 10.6. The van der Waals surface area contributed by atoms with Crippen molar-refractivity contribution in [2.45, 2.75) is 68.7 Å². The molecule has 6 N–H and O–H groups in total. The zero-order chi connectivity index (χ0) is 35.2. The molecule has 276 valence electrons. The highest BCUT2D eigenvalue weighted by Crippen LogP contribution is 2.33. The van der Waals surface area contributed by atoms with Gasteiger partial charge in [0.05, 0.1) is 84.3 Å². The quantitative estimate of drug-likeness (QED) is 0.0470. The third kappa shape index (κ3) is 16.6. The van der Waals surface area contributed by atoms with Gasteiger partial charge in [-0.1, -0.05) is 0 Å². The maximum atomic E-state index is 12.7. The molecule has 7 atom stereocenters. The number of carboxylic acids is 1. The number of aliphatic carboxylic acids is 1. The average Bonchev–Trinajstić information content (AvgIpc) is 3.03. The molecule has 2 amide bonds. The van der Waals surface area contributed by atoms with Crippen molar-refractivity contribution >= 4 is 18.0 Å². The van der Waals surface area contributed by atoms with E-state index in [4.69, 9.17) is 42.6 Å². The molecule has 1 saturated heterocycles. The van der Waals surface area contributed by atoms with Gasteiger partial charge in [0.1, 0.15) is 43.5 Å². The van der Waals surface area contributed by atoms with Crippen molar-refractivity contribution in [3.63, 3.8) is 0 Å². The number of hydrogen-bond donors (Lipinski definition) is 6. The van der Waals surface area contributed by atoms with Crippen LogP contribution in [-0.2, 0) is 52.2 Å². The van der Waals surface area contributed by atoms with Gasteiger partial charge in [-0.05, 0) is 13.8 Å². The predicted molar refractivity (Wildman–Crippen MR) is 156 cm³/mol. The van der Waals surface area contributed by atoms with Crippen LogP contribution >= 0.6 is 0 Å². The molecule has 47 heavy (non-hydrogen) atoms. The molecule has 0 aromatic heterocycles. The number of amides is 2. The lowest BCUT2D eigenvalue weighted by Gasteiger charge is -2.49. The molecule has 1 aliphatic rings. The highest BCUT2D eigenvalue weighted by atomic mass is 16.7. The lowest BCUT2D eigenvalue weighted by molar-refractivity contribution is -0.386. The fourth-order valence-corrected chi connectivity index (χ4v) is 4.23. The van der Waals surface area contributed by atoms with E-state index in [0.29, 0.717) is 33.0 Å². The molecular formula is C28H51N2O17-. The summed E-state index contributed by atoms with van der Waals surface area (Å²) in [6, 6.07) is -1.50. The highest BCUT2D eigenvalue weighted by molar-refractivity contribution is 5.82. The van der Waals surface area contributed by atoms with Crippen LogP contribution in [0.3, 0.4) is 0 Å². The first-order valence-electron chi connectivity index (χ1n) is 15.2. The van der Waals surface area contributed by atoms with Crippen LogP contribution in [-0.4, -0.2) is 180 Å². The van der Waals surface area contributed by atoms with Gasteiger partial charge in [0.2, 0.25) is 11.7 Å². The van der Waals surface area contributed by atoms with E-state index in [-0.39, 0.29) is 33.0 Å². The van der Waals surface area contributed by atoms with Gasteiger partial charge in [-0.15, -0.1) is 0 Å². The van der Waals surface area contributed by atoms with Crippen LogP contribution in [0.25, 0.3) is 0 Å². The minimum Gasteiger partial charge on any atom is -0.544 e. The Labute approximate surface area is 273 Å². The monoisotopic (exact) mass is 687 g/mol. The van der Waals surface area contributed by atoms with Crippen LogP contribution in [0.2, 0.25) is 0 Å². The number of ether oxygens (including phenoxy) is 9. The Morgan fingerprint density at radius 2 is 1.53 bits per heavy atom. The van der Waals surface area contributed by atoms with E-state index < -0.39 is 86.0 Å².